The lowest BCUT2D eigenvalue weighted by Crippen LogP contribution is -2.20. The fourth-order valence-electron chi connectivity index (χ4n) is 2.02. The first kappa shape index (κ1) is 15.8. The number of benzene rings is 1. The zero-order chi connectivity index (χ0) is 14.1. The highest BCUT2D eigenvalue weighted by molar-refractivity contribution is 5.39. The summed E-state index contributed by atoms with van der Waals surface area (Å²) in [5.74, 6) is 1.01. The third kappa shape index (κ3) is 5.48. The molecule has 2 nitrogen and oxygen atoms in total. The van der Waals surface area contributed by atoms with E-state index in [1.54, 1.807) is 0 Å². The number of hydrogen-bond acceptors (Lipinski definition) is 2. The maximum Gasteiger partial charge on any atom is 0.124 e. The van der Waals surface area contributed by atoms with Crippen LogP contribution in [0.4, 0.5) is 0 Å². The molecule has 0 aromatic heterocycles. The summed E-state index contributed by atoms with van der Waals surface area (Å²) in [6, 6.07) is 6.74. The summed E-state index contributed by atoms with van der Waals surface area (Å²) in [6.07, 6.45) is 5.11. The van der Waals surface area contributed by atoms with E-state index in [2.05, 4.69) is 50.9 Å². The Bertz CT molecular complexity index is 387. The summed E-state index contributed by atoms with van der Waals surface area (Å²) in [4.78, 5) is 0. The van der Waals surface area contributed by atoms with E-state index < -0.39 is 0 Å². The third-order valence-electron chi connectivity index (χ3n) is 3.14. The second-order valence-corrected chi connectivity index (χ2v) is 5.00. The van der Waals surface area contributed by atoms with Crippen LogP contribution in [-0.2, 0) is 0 Å². The van der Waals surface area contributed by atoms with Gasteiger partial charge in [-0.1, -0.05) is 30.7 Å². The van der Waals surface area contributed by atoms with Gasteiger partial charge in [-0.25, -0.2) is 0 Å². The van der Waals surface area contributed by atoms with Crippen LogP contribution in [0, 0.1) is 6.92 Å². The van der Waals surface area contributed by atoms with Crippen molar-refractivity contribution in [3.05, 3.63) is 42.0 Å². The van der Waals surface area contributed by atoms with Crippen LogP contribution < -0.4 is 10.1 Å². The van der Waals surface area contributed by atoms with E-state index in [1.807, 2.05) is 6.08 Å². The Morgan fingerprint density at radius 1 is 1.42 bits per heavy atom. The highest BCUT2D eigenvalue weighted by Crippen LogP contribution is 2.26. The Morgan fingerprint density at radius 2 is 2.21 bits per heavy atom. The van der Waals surface area contributed by atoms with Crippen LogP contribution in [-0.4, -0.2) is 13.2 Å². The van der Waals surface area contributed by atoms with Gasteiger partial charge in [0.15, 0.2) is 0 Å². The smallest absolute Gasteiger partial charge is 0.124 e. The predicted octanol–water partition coefficient (Wildman–Crippen LogP) is 4.40. The van der Waals surface area contributed by atoms with Gasteiger partial charge in [0.25, 0.3) is 0 Å². The van der Waals surface area contributed by atoms with Crippen LogP contribution in [0.5, 0.6) is 5.75 Å². The minimum absolute atomic E-state index is 0.328. The molecule has 0 saturated carbocycles. The average Bonchev–Trinajstić information content (AvgIpc) is 2.42. The second kappa shape index (κ2) is 8.76. The standard InChI is InChI=1S/C17H27NO/c1-5-7-8-12-19-17-10-9-14(3)13-16(17)15(4)18-11-6-2/h5,9-10,13,15,18H,1,6-8,11-12H2,2-4H3. The van der Waals surface area contributed by atoms with Crippen LogP contribution in [0.2, 0.25) is 0 Å². The molecule has 106 valence electrons. The third-order valence-corrected chi connectivity index (χ3v) is 3.14. The van der Waals surface area contributed by atoms with Crippen molar-refractivity contribution in [1.82, 2.24) is 5.32 Å². The van der Waals surface area contributed by atoms with E-state index in [0.717, 1.165) is 38.2 Å². The maximum atomic E-state index is 5.91. The molecule has 1 N–H and O–H groups in total. The maximum absolute atomic E-state index is 5.91. The van der Waals surface area contributed by atoms with Crippen molar-refractivity contribution in [2.45, 2.75) is 46.1 Å². The molecule has 0 aliphatic heterocycles. The van der Waals surface area contributed by atoms with E-state index in [-0.39, 0.29) is 0 Å². The van der Waals surface area contributed by atoms with E-state index in [1.165, 1.54) is 11.1 Å². The summed E-state index contributed by atoms with van der Waals surface area (Å²) >= 11 is 0. The first-order valence-electron chi connectivity index (χ1n) is 7.26. The average molecular weight is 261 g/mol. The lowest BCUT2D eigenvalue weighted by molar-refractivity contribution is 0.305. The number of nitrogens with one attached hydrogen (secondary N) is 1. The number of unbranched alkanes of at least 4 members (excludes halogenated alkanes) is 1. The van der Waals surface area contributed by atoms with Crippen LogP contribution in [0.15, 0.2) is 30.9 Å². The van der Waals surface area contributed by atoms with Gasteiger partial charge in [0.1, 0.15) is 5.75 Å². The molecule has 0 aliphatic carbocycles. The van der Waals surface area contributed by atoms with Crippen molar-refractivity contribution in [2.75, 3.05) is 13.2 Å². The number of allylic oxidation sites excluding steroid dienone is 1. The minimum Gasteiger partial charge on any atom is -0.493 e. The number of aryl methyl sites for hydroxylation is 1. The van der Waals surface area contributed by atoms with Gasteiger partial charge >= 0.3 is 0 Å². The second-order valence-electron chi connectivity index (χ2n) is 5.00. The van der Waals surface area contributed by atoms with Crippen LogP contribution in [0.3, 0.4) is 0 Å². The Balaban J connectivity index is 2.70. The molecule has 1 aromatic rings. The zero-order valence-electron chi connectivity index (χ0n) is 12.5. The number of rotatable bonds is 9. The lowest BCUT2D eigenvalue weighted by atomic mass is 10.0. The van der Waals surface area contributed by atoms with Crippen molar-refractivity contribution >= 4 is 0 Å². The van der Waals surface area contributed by atoms with E-state index >= 15 is 0 Å². The highest BCUT2D eigenvalue weighted by atomic mass is 16.5. The molecular weight excluding hydrogens is 234 g/mol. The molecule has 1 aromatic carbocycles. The van der Waals surface area contributed by atoms with E-state index in [0.29, 0.717) is 6.04 Å². The normalized spacial score (nSPS) is 12.2. The molecule has 0 aliphatic rings. The molecule has 0 bridgehead atoms. The lowest BCUT2D eigenvalue weighted by Gasteiger charge is -2.19. The van der Waals surface area contributed by atoms with E-state index in [9.17, 15) is 0 Å². The summed E-state index contributed by atoms with van der Waals surface area (Å²) < 4.78 is 5.91. The molecule has 0 heterocycles. The topological polar surface area (TPSA) is 21.3 Å². The summed E-state index contributed by atoms with van der Waals surface area (Å²) in [5.41, 5.74) is 2.53. The summed E-state index contributed by atoms with van der Waals surface area (Å²) in [5, 5.41) is 3.52. The van der Waals surface area contributed by atoms with Crippen molar-refractivity contribution in [2.24, 2.45) is 0 Å². The highest BCUT2D eigenvalue weighted by Gasteiger charge is 2.11. The number of hydrogen-bond donors (Lipinski definition) is 1. The van der Waals surface area contributed by atoms with Gasteiger partial charge < -0.3 is 10.1 Å². The van der Waals surface area contributed by atoms with Gasteiger partial charge in [0.05, 0.1) is 6.61 Å². The zero-order valence-corrected chi connectivity index (χ0v) is 12.5. The molecule has 0 fully saturated rings. The molecule has 1 atom stereocenters. The quantitative estimate of drug-likeness (QED) is 0.525. The van der Waals surface area contributed by atoms with Gasteiger partial charge in [-0.15, -0.1) is 6.58 Å². The number of ether oxygens (including phenoxy) is 1. The molecule has 0 spiro atoms. The molecule has 0 amide bonds. The SMILES string of the molecule is C=CCCCOc1ccc(C)cc1C(C)NCCC. The molecule has 0 radical (unpaired) electrons. The van der Waals surface area contributed by atoms with Gasteiger partial charge in [0, 0.05) is 11.6 Å². The van der Waals surface area contributed by atoms with Gasteiger partial charge in [-0.2, -0.15) is 0 Å². The predicted molar refractivity (Wildman–Crippen MR) is 82.8 cm³/mol. The Labute approximate surface area is 117 Å². The van der Waals surface area contributed by atoms with Crippen molar-refractivity contribution in [3.8, 4) is 5.75 Å². The first-order chi connectivity index (χ1) is 9.19. The summed E-state index contributed by atoms with van der Waals surface area (Å²) in [6.45, 7) is 12.0. The first-order valence-corrected chi connectivity index (χ1v) is 7.26. The summed E-state index contributed by atoms with van der Waals surface area (Å²) in [7, 11) is 0. The Hall–Kier alpha value is -1.28. The fraction of sp³-hybridized carbons (Fsp3) is 0.529. The fourth-order valence-corrected chi connectivity index (χ4v) is 2.02. The van der Waals surface area contributed by atoms with Crippen molar-refractivity contribution in [3.63, 3.8) is 0 Å². The molecule has 0 saturated heterocycles. The van der Waals surface area contributed by atoms with Gasteiger partial charge in [-0.3, -0.25) is 0 Å². The Morgan fingerprint density at radius 3 is 2.89 bits per heavy atom. The molecule has 1 unspecified atom stereocenters. The van der Waals surface area contributed by atoms with Crippen LogP contribution in [0.1, 0.15) is 50.3 Å². The van der Waals surface area contributed by atoms with Crippen LogP contribution >= 0.6 is 0 Å². The Kier molecular flexibility index (Phi) is 7.27. The molecule has 2 heteroatoms. The molecule has 19 heavy (non-hydrogen) atoms. The molecule has 1 rings (SSSR count). The van der Waals surface area contributed by atoms with Gasteiger partial charge in [-0.05, 0) is 45.7 Å². The van der Waals surface area contributed by atoms with Crippen molar-refractivity contribution in [1.29, 1.82) is 0 Å². The molecular formula is C17H27NO. The van der Waals surface area contributed by atoms with Crippen molar-refractivity contribution < 1.29 is 4.74 Å². The minimum atomic E-state index is 0.328. The van der Waals surface area contributed by atoms with Crippen LogP contribution in [0.25, 0.3) is 0 Å². The van der Waals surface area contributed by atoms with Gasteiger partial charge in [0.2, 0.25) is 0 Å². The monoisotopic (exact) mass is 261 g/mol. The largest absolute Gasteiger partial charge is 0.493 e. The van der Waals surface area contributed by atoms with E-state index in [4.69, 9.17) is 4.74 Å².